The molecule has 1 N–H and O–H groups in total. The molecule has 3 rings (SSSR count). The highest BCUT2D eigenvalue weighted by molar-refractivity contribution is 7.89. The molecule has 0 spiro atoms. The molecule has 156 valence electrons. The Balaban J connectivity index is 1.71. The number of rotatable bonds is 3. The van der Waals surface area contributed by atoms with E-state index >= 15 is 0 Å². The highest BCUT2D eigenvalue weighted by atomic mass is 32.2. The van der Waals surface area contributed by atoms with Crippen molar-refractivity contribution in [3.8, 4) is 5.75 Å². The zero-order chi connectivity index (χ0) is 21.4. The molecule has 1 heterocycles. The van der Waals surface area contributed by atoms with E-state index in [2.05, 4.69) is 0 Å². The van der Waals surface area contributed by atoms with Gasteiger partial charge in [0.05, 0.1) is 16.0 Å². The fourth-order valence-electron chi connectivity index (χ4n) is 3.09. The van der Waals surface area contributed by atoms with Crippen molar-refractivity contribution in [2.75, 3.05) is 26.2 Å². The van der Waals surface area contributed by atoms with Gasteiger partial charge in [-0.1, -0.05) is 11.6 Å². The van der Waals surface area contributed by atoms with Crippen LogP contribution in [0, 0.1) is 6.92 Å². The maximum Gasteiger partial charge on any atom is 0.416 e. The van der Waals surface area contributed by atoms with Crippen LogP contribution in [-0.4, -0.2) is 54.8 Å². The molecule has 2 aromatic carbocycles. The summed E-state index contributed by atoms with van der Waals surface area (Å²) in [6.45, 7) is 1.99. The van der Waals surface area contributed by atoms with E-state index in [1.807, 2.05) is 0 Å². The molecule has 1 fully saturated rings. The minimum absolute atomic E-state index is 0.00166. The standard InChI is InChI=1S/C19H19F3N2O4S/c1-13-2-7-17(25)16(12-13)18(26)23-8-10-24(11-9-23)29(27,28)15-5-3-14(4-6-15)19(20,21)22/h2-7,12,25H,8-11H2,1H3. The molecule has 10 heteroatoms. The number of hydrogen-bond donors (Lipinski definition) is 1. The Morgan fingerprint density at radius 2 is 1.59 bits per heavy atom. The minimum atomic E-state index is -4.55. The van der Waals surface area contributed by atoms with Crippen LogP contribution >= 0.6 is 0 Å². The zero-order valence-electron chi connectivity index (χ0n) is 15.5. The van der Waals surface area contributed by atoms with Gasteiger partial charge in [0.15, 0.2) is 0 Å². The van der Waals surface area contributed by atoms with Gasteiger partial charge in [0, 0.05) is 26.2 Å². The number of alkyl halides is 3. The predicted octanol–water partition coefficient (Wildman–Crippen LogP) is 2.87. The second kappa shape index (κ2) is 7.68. The molecule has 0 atom stereocenters. The van der Waals surface area contributed by atoms with Crippen molar-refractivity contribution in [3.63, 3.8) is 0 Å². The van der Waals surface area contributed by atoms with Crippen molar-refractivity contribution in [2.24, 2.45) is 0 Å². The van der Waals surface area contributed by atoms with Crippen LogP contribution in [-0.2, 0) is 16.2 Å². The first kappa shape index (κ1) is 21.1. The molecule has 1 aliphatic heterocycles. The summed E-state index contributed by atoms with van der Waals surface area (Å²) in [5, 5.41) is 9.91. The number of phenols is 1. The lowest BCUT2D eigenvalue weighted by atomic mass is 10.1. The zero-order valence-corrected chi connectivity index (χ0v) is 16.3. The molecule has 0 bridgehead atoms. The highest BCUT2D eigenvalue weighted by Gasteiger charge is 2.33. The summed E-state index contributed by atoms with van der Waals surface area (Å²) in [7, 11) is -3.97. The van der Waals surface area contributed by atoms with E-state index in [0.717, 1.165) is 34.1 Å². The number of carbonyl (C=O) groups is 1. The molecule has 6 nitrogen and oxygen atoms in total. The molecular weight excluding hydrogens is 409 g/mol. The van der Waals surface area contributed by atoms with Gasteiger partial charge >= 0.3 is 6.18 Å². The Bertz CT molecular complexity index is 1010. The first-order chi connectivity index (χ1) is 13.5. The number of sulfonamides is 1. The van der Waals surface area contributed by atoms with E-state index in [1.54, 1.807) is 19.1 Å². The minimum Gasteiger partial charge on any atom is -0.507 e. The van der Waals surface area contributed by atoms with Crippen molar-refractivity contribution in [2.45, 2.75) is 18.0 Å². The van der Waals surface area contributed by atoms with Gasteiger partial charge in [-0.05, 0) is 43.3 Å². The lowest BCUT2D eigenvalue weighted by Crippen LogP contribution is -2.50. The number of hydrogen-bond acceptors (Lipinski definition) is 4. The van der Waals surface area contributed by atoms with Crippen LogP contribution in [0.3, 0.4) is 0 Å². The number of halogens is 3. The summed E-state index contributed by atoms with van der Waals surface area (Å²) in [6, 6.07) is 7.97. The molecule has 1 aliphatic rings. The molecule has 0 radical (unpaired) electrons. The van der Waals surface area contributed by atoms with E-state index in [9.17, 15) is 31.5 Å². The smallest absolute Gasteiger partial charge is 0.416 e. The monoisotopic (exact) mass is 428 g/mol. The van der Waals surface area contributed by atoms with Crippen LogP contribution in [0.5, 0.6) is 5.75 Å². The SMILES string of the molecule is Cc1ccc(O)c(C(=O)N2CCN(S(=O)(=O)c3ccc(C(F)(F)F)cc3)CC2)c1. The molecular formula is C19H19F3N2O4S. The summed E-state index contributed by atoms with van der Waals surface area (Å²) in [5.41, 5.74) is 0.0172. The van der Waals surface area contributed by atoms with Gasteiger partial charge in [0.2, 0.25) is 10.0 Å². The van der Waals surface area contributed by atoms with Crippen LogP contribution in [0.25, 0.3) is 0 Å². The van der Waals surface area contributed by atoms with Crippen molar-refractivity contribution in [1.29, 1.82) is 0 Å². The average molecular weight is 428 g/mol. The lowest BCUT2D eigenvalue weighted by molar-refractivity contribution is -0.137. The van der Waals surface area contributed by atoms with Gasteiger partial charge in [-0.15, -0.1) is 0 Å². The normalized spacial score (nSPS) is 16.1. The number of benzene rings is 2. The number of carbonyl (C=O) groups excluding carboxylic acids is 1. The first-order valence-corrected chi connectivity index (χ1v) is 10.2. The van der Waals surface area contributed by atoms with Crippen LogP contribution in [0.1, 0.15) is 21.5 Å². The summed E-state index contributed by atoms with van der Waals surface area (Å²) in [4.78, 5) is 13.8. The van der Waals surface area contributed by atoms with E-state index in [0.29, 0.717) is 0 Å². The summed E-state index contributed by atoms with van der Waals surface area (Å²) in [6.07, 6.45) is -4.55. The summed E-state index contributed by atoms with van der Waals surface area (Å²) in [5.74, 6) is -0.557. The molecule has 0 saturated carbocycles. The maximum absolute atomic E-state index is 12.7. The topological polar surface area (TPSA) is 77.9 Å². The molecule has 0 unspecified atom stereocenters. The highest BCUT2D eigenvalue weighted by Crippen LogP contribution is 2.30. The summed E-state index contributed by atoms with van der Waals surface area (Å²) < 4.78 is 64.5. The Hall–Kier alpha value is -2.59. The molecule has 2 aromatic rings. The molecule has 0 aromatic heterocycles. The van der Waals surface area contributed by atoms with E-state index < -0.39 is 27.7 Å². The molecule has 29 heavy (non-hydrogen) atoms. The summed E-state index contributed by atoms with van der Waals surface area (Å²) >= 11 is 0. The quantitative estimate of drug-likeness (QED) is 0.816. The van der Waals surface area contributed by atoms with Crippen LogP contribution in [0.15, 0.2) is 47.4 Å². The first-order valence-electron chi connectivity index (χ1n) is 8.76. The average Bonchev–Trinajstić information content (AvgIpc) is 2.69. The second-order valence-corrected chi connectivity index (χ2v) is 8.68. The number of aromatic hydroxyl groups is 1. The predicted molar refractivity (Wildman–Crippen MR) is 99.0 cm³/mol. The Labute approximate surface area is 166 Å². The number of nitrogens with zero attached hydrogens (tertiary/aromatic N) is 2. The van der Waals surface area contributed by atoms with Crippen LogP contribution < -0.4 is 0 Å². The Morgan fingerprint density at radius 1 is 1.00 bits per heavy atom. The molecule has 1 saturated heterocycles. The van der Waals surface area contributed by atoms with Gasteiger partial charge in [-0.2, -0.15) is 17.5 Å². The number of amides is 1. The van der Waals surface area contributed by atoms with Gasteiger partial charge < -0.3 is 10.0 Å². The third-order valence-electron chi connectivity index (χ3n) is 4.73. The van der Waals surface area contributed by atoms with Crippen LogP contribution in [0.2, 0.25) is 0 Å². The van der Waals surface area contributed by atoms with Crippen LogP contribution in [0.4, 0.5) is 13.2 Å². The largest absolute Gasteiger partial charge is 0.507 e. The van der Waals surface area contributed by atoms with Crippen molar-refractivity contribution < 1.29 is 31.5 Å². The van der Waals surface area contributed by atoms with Gasteiger partial charge in [0.1, 0.15) is 5.75 Å². The Kier molecular flexibility index (Phi) is 5.59. The van der Waals surface area contributed by atoms with Gasteiger partial charge in [-0.3, -0.25) is 4.79 Å². The van der Waals surface area contributed by atoms with Crippen molar-refractivity contribution >= 4 is 15.9 Å². The van der Waals surface area contributed by atoms with Crippen molar-refractivity contribution in [3.05, 3.63) is 59.2 Å². The molecule has 1 amide bonds. The fourth-order valence-corrected chi connectivity index (χ4v) is 4.51. The number of aryl methyl sites for hydroxylation is 1. The number of piperazine rings is 1. The molecule has 0 aliphatic carbocycles. The lowest BCUT2D eigenvalue weighted by Gasteiger charge is -2.34. The van der Waals surface area contributed by atoms with Gasteiger partial charge in [0.25, 0.3) is 5.91 Å². The third-order valence-corrected chi connectivity index (χ3v) is 6.64. The van der Waals surface area contributed by atoms with Crippen molar-refractivity contribution in [1.82, 2.24) is 9.21 Å². The van der Waals surface area contributed by atoms with E-state index in [-0.39, 0.29) is 42.4 Å². The van der Waals surface area contributed by atoms with Gasteiger partial charge in [-0.25, -0.2) is 8.42 Å². The second-order valence-electron chi connectivity index (χ2n) is 6.74. The fraction of sp³-hybridized carbons (Fsp3) is 0.316. The number of phenolic OH excluding ortho intramolecular Hbond substituents is 1. The Morgan fingerprint density at radius 3 is 2.14 bits per heavy atom. The van der Waals surface area contributed by atoms with E-state index in [1.165, 1.54) is 11.0 Å². The maximum atomic E-state index is 12.7. The van der Waals surface area contributed by atoms with E-state index in [4.69, 9.17) is 0 Å². The third kappa shape index (κ3) is 4.38.